The van der Waals surface area contributed by atoms with Crippen LogP contribution in [0.5, 0.6) is 0 Å². The molecule has 0 aliphatic heterocycles. The Hall–Kier alpha value is -2.10. The van der Waals surface area contributed by atoms with Gasteiger partial charge in [0.15, 0.2) is 0 Å². The lowest BCUT2D eigenvalue weighted by Gasteiger charge is -2.09. The molecule has 0 saturated carbocycles. The van der Waals surface area contributed by atoms with Gasteiger partial charge < -0.3 is 5.32 Å². The van der Waals surface area contributed by atoms with E-state index in [0.717, 1.165) is 16.3 Å². The quantitative estimate of drug-likeness (QED) is 0.754. The van der Waals surface area contributed by atoms with Crippen LogP contribution in [0.4, 0.5) is 5.69 Å². The van der Waals surface area contributed by atoms with Gasteiger partial charge in [-0.25, -0.2) is 0 Å². The summed E-state index contributed by atoms with van der Waals surface area (Å²) in [5, 5.41) is 5.73. The maximum absolute atomic E-state index is 12.2. The standard InChI is InChI=1S/C17H12Cl2N2O/c18-13-5-1-3-11(7-13)8-16(22)21-15-10-20-9-12-4-2-6-14(19)17(12)15/h1-7,9-10H,8H2,(H,21,22). The number of nitrogens with one attached hydrogen (secondary N) is 1. The zero-order valence-corrected chi connectivity index (χ0v) is 13.0. The van der Waals surface area contributed by atoms with Gasteiger partial charge in [-0.15, -0.1) is 0 Å². The molecule has 1 amide bonds. The fourth-order valence-corrected chi connectivity index (χ4v) is 2.81. The predicted octanol–water partition coefficient (Wildman–Crippen LogP) is 4.72. The Labute approximate surface area is 137 Å². The van der Waals surface area contributed by atoms with Crippen LogP contribution in [0, 0.1) is 0 Å². The Balaban J connectivity index is 1.85. The second-order valence-corrected chi connectivity index (χ2v) is 5.72. The summed E-state index contributed by atoms with van der Waals surface area (Å²) in [6, 6.07) is 12.8. The van der Waals surface area contributed by atoms with Crippen molar-refractivity contribution in [3.05, 3.63) is 70.5 Å². The normalized spacial score (nSPS) is 10.6. The fourth-order valence-electron chi connectivity index (χ4n) is 2.31. The molecule has 22 heavy (non-hydrogen) atoms. The second-order valence-electron chi connectivity index (χ2n) is 4.88. The van der Waals surface area contributed by atoms with Crippen LogP contribution in [0.2, 0.25) is 10.0 Å². The zero-order chi connectivity index (χ0) is 15.5. The number of carbonyl (C=O) groups is 1. The van der Waals surface area contributed by atoms with Gasteiger partial charge in [0.05, 0.1) is 23.3 Å². The van der Waals surface area contributed by atoms with Crippen molar-refractivity contribution in [2.75, 3.05) is 5.32 Å². The van der Waals surface area contributed by atoms with Crippen molar-refractivity contribution in [3.63, 3.8) is 0 Å². The van der Waals surface area contributed by atoms with E-state index >= 15 is 0 Å². The van der Waals surface area contributed by atoms with E-state index in [9.17, 15) is 4.79 Å². The average molecular weight is 331 g/mol. The topological polar surface area (TPSA) is 42.0 Å². The summed E-state index contributed by atoms with van der Waals surface area (Å²) in [5.41, 5.74) is 1.46. The number of pyridine rings is 1. The fraction of sp³-hybridized carbons (Fsp3) is 0.0588. The molecule has 0 fully saturated rings. The number of benzene rings is 2. The van der Waals surface area contributed by atoms with Crippen LogP contribution in [0.3, 0.4) is 0 Å². The van der Waals surface area contributed by atoms with Crippen LogP contribution in [0.25, 0.3) is 10.8 Å². The molecule has 0 spiro atoms. The zero-order valence-electron chi connectivity index (χ0n) is 11.5. The Morgan fingerprint density at radius 2 is 1.91 bits per heavy atom. The summed E-state index contributed by atoms with van der Waals surface area (Å²) in [5.74, 6) is -0.142. The van der Waals surface area contributed by atoms with Gasteiger partial charge in [0, 0.05) is 22.0 Å². The molecular formula is C17H12Cl2N2O. The second kappa shape index (κ2) is 6.34. The van der Waals surface area contributed by atoms with E-state index < -0.39 is 0 Å². The molecule has 1 heterocycles. The summed E-state index contributed by atoms with van der Waals surface area (Å²) in [4.78, 5) is 16.4. The highest BCUT2D eigenvalue weighted by Crippen LogP contribution is 2.29. The van der Waals surface area contributed by atoms with Crippen LogP contribution in [0.1, 0.15) is 5.56 Å². The summed E-state index contributed by atoms with van der Waals surface area (Å²) >= 11 is 12.2. The number of aromatic nitrogens is 1. The van der Waals surface area contributed by atoms with E-state index in [4.69, 9.17) is 23.2 Å². The van der Waals surface area contributed by atoms with Crippen molar-refractivity contribution in [2.45, 2.75) is 6.42 Å². The van der Waals surface area contributed by atoms with E-state index in [1.165, 1.54) is 0 Å². The number of hydrogen-bond donors (Lipinski definition) is 1. The number of carbonyl (C=O) groups excluding carboxylic acids is 1. The minimum absolute atomic E-state index is 0.142. The molecule has 110 valence electrons. The van der Waals surface area contributed by atoms with Crippen LogP contribution < -0.4 is 5.32 Å². The van der Waals surface area contributed by atoms with Gasteiger partial charge in [0.2, 0.25) is 5.91 Å². The summed E-state index contributed by atoms with van der Waals surface area (Å²) < 4.78 is 0. The monoisotopic (exact) mass is 330 g/mol. The Morgan fingerprint density at radius 1 is 1.09 bits per heavy atom. The minimum atomic E-state index is -0.142. The van der Waals surface area contributed by atoms with Gasteiger partial charge in [-0.1, -0.05) is 47.5 Å². The molecule has 0 radical (unpaired) electrons. The summed E-state index contributed by atoms with van der Waals surface area (Å²) in [7, 11) is 0. The van der Waals surface area contributed by atoms with Crippen molar-refractivity contribution in [2.24, 2.45) is 0 Å². The molecule has 0 aliphatic carbocycles. The molecule has 2 aromatic carbocycles. The first-order valence-electron chi connectivity index (χ1n) is 6.70. The number of rotatable bonds is 3. The van der Waals surface area contributed by atoms with Gasteiger partial charge in [0.25, 0.3) is 0 Å². The highest BCUT2D eigenvalue weighted by molar-refractivity contribution is 6.36. The van der Waals surface area contributed by atoms with E-state index in [2.05, 4.69) is 10.3 Å². The lowest BCUT2D eigenvalue weighted by molar-refractivity contribution is -0.115. The van der Waals surface area contributed by atoms with Gasteiger partial charge in [-0.05, 0) is 23.8 Å². The number of hydrogen-bond acceptors (Lipinski definition) is 2. The molecule has 0 unspecified atom stereocenters. The Morgan fingerprint density at radius 3 is 2.73 bits per heavy atom. The number of nitrogens with zero attached hydrogens (tertiary/aromatic N) is 1. The molecule has 1 N–H and O–H groups in total. The third-order valence-corrected chi connectivity index (χ3v) is 3.81. The molecular weight excluding hydrogens is 319 g/mol. The van der Waals surface area contributed by atoms with Gasteiger partial charge in [-0.3, -0.25) is 9.78 Å². The van der Waals surface area contributed by atoms with Crippen LogP contribution in [0.15, 0.2) is 54.9 Å². The smallest absolute Gasteiger partial charge is 0.228 e. The first-order chi connectivity index (χ1) is 10.6. The lowest BCUT2D eigenvalue weighted by atomic mass is 10.1. The summed E-state index contributed by atoms with van der Waals surface area (Å²) in [6.07, 6.45) is 3.55. The Bertz CT molecular complexity index is 844. The number of halogens is 2. The first kappa shape index (κ1) is 14.8. The molecule has 0 bridgehead atoms. The van der Waals surface area contributed by atoms with Crippen LogP contribution in [-0.4, -0.2) is 10.9 Å². The Kier molecular flexibility index (Phi) is 4.27. The molecule has 0 atom stereocenters. The van der Waals surface area contributed by atoms with Crippen molar-refractivity contribution in [3.8, 4) is 0 Å². The van der Waals surface area contributed by atoms with Crippen LogP contribution in [-0.2, 0) is 11.2 Å². The van der Waals surface area contributed by atoms with Crippen LogP contribution >= 0.6 is 23.2 Å². The van der Waals surface area contributed by atoms with Crippen molar-refractivity contribution < 1.29 is 4.79 Å². The van der Waals surface area contributed by atoms with E-state index in [0.29, 0.717) is 15.7 Å². The molecule has 1 aromatic heterocycles. The third kappa shape index (κ3) is 3.21. The van der Waals surface area contributed by atoms with Crippen molar-refractivity contribution in [1.82, 2.24) is 4.98 Å². The molecule has 5 heteroatoms. The van der Waals surface area contributed by atoms with Crippen molar-refractivity contribution in [1.29, 1.82) is 0 Å². The van der Waals surface area contributed by atoms with E-state index in [-0.39, 0.29) is 12.3 Å². The molecule has 0 aliphatic rings. The molecule has 3 rings (SSSR count). The largest absolute Gasteiger partial charge is 0.324 e. The lowest BCUT2D eigenvalue weighted by Crippen LogP contribution is -2.14. The third-order valence-electron chi connectivity index (χ3n) is 3.26. The predicted molar refractivity (Wildman–Crippen MR) is 90.5 cm³/mol. The number of fused-ring (bicyclic) bond motifs is 1. The highest BCUT2D eigenvalue weighted by Gasteiger charge is 2.10. The number of anilines is 1. The van der Waals surface area contributed by atoms with Gasteiger partial charge >= 0.3 is 0 Å². The SMILES string of the molecule is O=C(Cc1cccc(Cl)c1)Nc1cncc2cccc(Cl)c12. The highest BCUT2D eigenvalue weighted by atomic mass is 35.5. The maximum Gasteiger partial charge on any atom is 0.228 e. The van der Waals surface area contributed by atoms with Gasteiger partial charge in [-0.2, -0.15) is 0 Å². The molecule has 0 saturated heterocycles. The average Bonchev–Trinajstić information content (AvgIpc) is 2.47. The minimum Gasteiger partial charge on any atom is -0.324 e. The maximum atomic E-state index is 12.2. The van der Waals surface area contributed by atoms with Gasteiger partial charge in [0.1, 0.15) is 0 Å². The van der Waals surface area contributed by atoms with Crippen molar-refractivity contribution >= 4 is 45.6 Å². The first-order valence-corrected chi connectivity index (χ1v) is 7.45. The number of amides is 1. The summed E-state index contributed by atoms with van der Waals surface area (Å²) in [6.45, 7) is 0. The molecule has 3 aromatic rings. The molecule has 3 nitrogen and oxygen atoms in total. The van der Waals surface area contributed by atoms with E-state index in [1.807, 2.05) is 24.3 Å². The van der Waals surface area contributed by atoms with E-state index in [1.54, 1.807) is 30.6 Å².